The molecule has 24 heavy (non-hydrogen) atoms. The molecular weight excluding hydrogens is 328 g/mol. The Labute approximate surface area is 149 Å². The molecule has 0 spiro atoms. The SMILES string of the molecule is CC1CN(C(=O)C(C)N(C)CCOc2cccc(Cl)c2)CC(C)O1. The van der Waals surface area contributed by atoms with E-state index in [9.17, 15) is 4.79 Å². The number of rotatable bonds is 6. The van der Waals surface area contributed by atoms with E-state index in [1.165, 1.54) is 0 Å². The Morgan fingerprint density at radius 2 is 2.08 bits per heavy atom. The van der Waals surface area contributed by atoms with Crippen LogP contribution in [0.25, 0.3) is 0 Å². The molecule has 1 aliphatic heterocycles. The fourth-order valence-corrected chi connectivity index (χ4v) is 3.05. The van der Waals surface area contributed by atoms with Crippen molar-refractivity contribution in [2.45, 2.75) is 39.0 Å². The summed E-state index contributed by atoms with van der Waals surface area (Å²) in [5.41, 5.74) is 0. The number of carbonyl (C=O) groups is 1. The highest BCUT2D eigenvalue weighted by molar-refractivity contribution is 6.30. The van der Waals surface area contributed by atoms with Gasteiger partial charge in [-0.05, 0) is 46.0 Å². The van der Waals surface area contributed by atoms with Gasteiger partial charge < -0.3 is 14.4 Å². The molecule has 1 heterocycles. The second-order valence-corrected chi connectivity index (χ2v) is 6.90. The third-order valence-electron chi connectivity index (χ3n) is 4.26. The van der Waals surface area contributed by atoms with Crippen LogP contribution in [-0.2, 0) is 9.53 Å². The first-order chi connectivity index (χ1) is 11.4. The number of hydrogen-bond acceptors (Lipinski definition) is 4. The molecule has 2 rings (SSSR count). The van der Waals surface area contributed by atoms with E-state index in [1.54, 1.807) is 6.07 Å². The molecule has 0 bridgehead atoms. The summed E-state index contributed by atoms with van der Waals surface area (Å²) in [6, 6.07) is 7.13. The van der Waals surface area contributed by atoms with Crippen LogP contribution < -0.4 is 4.74 Å². The first-order valence-corrected chi connectivity index (χ1v) is 8.77. The molecule has 0 aromatic heterocycles. The van der Waals surface area contributed by atoms with Crippen molar-refractivity contribution in [1.29, 1.82) is 0 Å². The van der Waals surface area contributed by atoms with Crippen LogP contribution in [-0.4, -0.2) is 67.2 Å². The van der Waals surface area contributed by atoms with Gasteiger partial charge >= 0.3 is 0 Å². The predicted octanol–water partition coefficient (Wildman–Crippen LogP) is 2.67. The monoisotopic (exact) mass is 354 g/mol. The lowest BCUT2D eigenvalue weighted by molar-refractivity contribution is -0.147. The summed E-state index contributed by atoms with van der Waals surface area (Å²) >= 11 is 5.94. The molecule has 1 aliphatic rings. The van der Waals surface area contributed by atoms with Crippen molar-refractivity contribution in [3.63, 3.8) is 0 Å². The van der Waals surface area contributed by atoms with Gasteiger partial charge in [-0.15, -0.1) is 0 Å². The minimum atomic E-state index is -0.189. The number of amides is 1. The van der Waals surface area contributed by atoms with Crippen LogP contribution in [0.15, 0.2) is 24.3 Å². The van der Waals surface area contributed by atoms with Crippen LogP contribution in [0.3, 0.4) is 0 Å². The van der Waals surface area contributed by atoms with Crippen molar-refractivity contribution >= 4 is 17.5 Å². The van der Waals surface area contributed by atoms with Gasteiger partial charge in [0.25, 0.3) is 0 Å². The molecule has 1 aromatic rings. The lowest BCUT2D eigenvalue weighted by Crippen LogP contribution is -2.54. The van der Waals surface area contributed by atoms with Gasteiger partial charge in [-0.3, -0.25) is 9.69 Å². The van der Waals surface area contributed by atoms with Gasteiger partial charge in [0, 0.05) is 24.7 Å². The topological polar surface area (TPSA) is 42.0 Å². The zero-order valence-corrected chi connectivity index (χ0v) is 15.6. The fraction of sp³-hybridized carbons (Fsp3) is 0.611. The summed E-state index contributed by atoms with van der Waals surface area (Å²) < 4.78 is 11.4. The van der Waals surface area contributed by atoms with Gasteiger partial charge in [-0.2, -0.15) is 0 Å². The summed E-state index contributed by atoms with van der Waals surface area (Å²) in [6.45, 7) is 8.42. The fourth-order valence-electron chi connectivity index (χ4n) is 2.87. The van der Waals surface area contributed by atoms with E-state index in [-0.39, 0.29) is 24.2 Å². The number of ether oxygens (including phenoxy) is 2. The van der Waals surface area contributed by atoms with E-state index >= 15 is 0 Å². The third-order valence-corrected chi connectivity index (χ3v) is 4.49. The number of nitrogens with zero attached hydrogens (tertiary/aromatic N) is 2. The number of halogens is 1. The van der Waals surface area contributed by atoms with Crippen molar-refractivity contribution in [3.8, 4) is 5.75 Å². The molecule has 1 amide bonds. The summed E-state index contributed by atoms with van der Waals surface area (Å²) in [7, 11) is 1.94. The van der Waals surface area contributed by atoms with Crippen molar-refractivity contribution in [2.24, 2.45) is 0 Å². The Balaban J connectivity index is 1.80. The standard InChI is InChI=1S/C18H27ClN2O3/c1-13-11-21(12-14(2)24-13)18(22)15(3)20(4)8-9-23-17-7-5-6-16(19)10-17/h5-7,10,13-15H,8-9,11-12H2,1-4H3. The van der Waals surface area contributed by atoms with Gasteiger partial charge in [0.2, 0.25) is 5.91 Å². The van der Waals surface area contributed by atoms with Crippen molar-refractivity contribution < 1.29 is 14.3 Å². The summed E-state index contributed by atoms with van der Waals surface area (Å²) in [5.74, 6) is 0.882. The molecule has 5 nitrogen and oxygen atoms in total. The maximum Gasteiger partial charge on any atom is 0.239 e. The first-order valence-electron chi connectivity index (χ1n) is 8.39. The van der Waals surface area contributed by atoms with Crippen LogP contribution in [0, 0.1) is 0 Å². The average molecular weight is 355 g/mol. The van der Waals surface area contributed by atoms with Gasteiger partial charge in [0.1, 0.15) is 12.4 Å². The Kier molecular flexibility index (Phi) is 6.90. The minimum Gasteiger partial charge on any atom is -0.492 e. The Hall–Kier alpha value is -1.30. The molecule has 0 saturated carbocycles. The average Bonchev–Trinajstić information content (AvgIpc) is 2.52. The first kappa shape index (κ1) is 19.0. The highest BCUT2D eigenvalue weighted by atomic mass is 35.5. The predicted molar refractivity (Wildman–Crippen MR) is 95.6 cm³/mol. The van der Waals surface area contributed by atoms with E-state index in [2.05, 4.69) is 0 Å². The number of morpholine rings is 1. The van der Waals surface area contributed by atoms with Gasteiger partial charge in [-0.25, -0.2) is 0 Å². The summed E-state index contributed by atoms with van der Waals surface area (Å²) in [4.78, 5) is 16.6. The minimum absolute atomic E-state index is 0.0846. The highest BCUT2D eigenvalue weighted by Gasteiger charge is 2.30. The molecule has 0 N–H and O–H groups in total. The smallest absolute Gasteiger partial charge is 0.239 e. The largest absolute Gasteiger partial charge is 0.492 e. The molecule has 1 saturated heterocycles. The van der Waals surface area contributed by atoms with Crippen LogP contribution in [0.1, 0.15) is 20.8 Å². The van der Waals surface area contributed by atoms with E-state index in [0.29, 0.717) is 31.3 Å². The lowest BCUT2D eigenvalue weighted by Gasteiger charge is -2.38. The highest BCUT2D eigenvalue weighted by Crippen LogP contribution is 2.17. The molecule has 0 aliphatic carbocycles. The Morgan fingerprint density at radius 3 is 2.71 bits per heavy atom. The second kappa shape index (κ2) is 8.70. The van der Waals surface area contributed by atoms with Crippen LogP contribution in [0.5, 0.6) is 5.75 Å². The molecule has 3 unspecified atom stereocenters. The van der Waals surface area contributed by atoms with E-state index in [4.69, 9.17) is 21.1 Å². The maximum atomic E-state index is 12.7. The van der Waals surface area contributed by atoms with E-state index in [0.717, 1.165) is 5.75 Å². The van der Waals surface area contributed by atoms with E-state index in [1.807, 2.05) is 55.8 Å². The molecular formula is C18H27ClN2O3. The zero-order chi connectivity index (χ0) is 17.7. The van der Waals surface area contributed by atoms with Gasteiger partial charge in [0.15, 0.2) is 0 Å². The van der Waals surface area contributed by atoms with Crippen molar-refractivity contribution in [2.75, 3.05) is 33.3 Å². The maximum absolute atomic E-state index is 12.7. The quantitative estimate of drug-likeness (QED) is 0.787. The number of hydrogen-bond donors (Lipinski definition) is 0. The molecule has 6 heteroatoms. The number of carbonyl (C=O) groups excluding carboxylic acids is 1. The Bertz CT molecular complexity index is 545. The Morgan fingerprint density at radius 1 is 1.42 bits per heavy atom. The van der Waals surface area contributed by atoms with Crippen molar-refractivity contribution in [1.82, 2.24) is 9.80 Å². The molecule has 0 radical (unpaired) electrons. The van der Waals surface area contributed by atoms with Crippen LogP contribution in [0.4, 0.5) is 0 Å². The third kappa shape index (κ3) is 5.36. The van der Waals surface area contributed by atoms with Gasteiger partial charge in [0.05, 0.1) is 18.2 Å². The molecule has 134 valence electrons. The van der Waals surface area contributed by atoms with E-state index < -0.39 is 0 Å². The van der Waals surface area contributed by atoms with Crippen LogP contribution in [0.2, 0.25) is 5.02 Å². The second-order valence-electron chi connectivity index (χ2n) is 6.46. The normalized spacial score (nSPS) is 22.5. The summed E-state index contributed by atoms with van der Waals surface area (Å²) in [5, 5.41) is 0.653. The number of likely N-dealkylation sites (N-methyl/N-ethyl adjacent to an activating group) is 1. The molecule has 1 fully saturated rings. The van der Waals surface area contributed by atoms with Gasteiger partial charge in [-0.1, -0.05) is 17.7 Å². The van der Waals surface area contributed by atoms with Crippen molar-refractivity contribution in [3.05, 3.63) is 29.3 Å². The lowest BCUT2D eigenvalue weighted by atomic mass is 10.2. The van der Waals surface area contributed by atoms with Crippen LogP contribution >= 0.6 is 11.6 Å². The zero-order valence-electron chi connectivity index (χ0n) is 14.9. The molecule has 1 aromatic carbocycles. The number of benzene rings is 1. The molecule has 3 atom stereocenters. The summed E-state index contributed by atoms with van der Waals surface area (Å²) in [6.07, 6.45) is 0.169.